The molecule has 1 aliphatic carbocycles. The Kier molecular flexibility index (Phi) is 4.56. The standard InChI is InChI=1S/C12H26N2O/c1-9(15)13-10-6-5-7-11(8-10)14-12(2,3)4/h9-11,13-15H,5-8H2,1-4H3/t9?,10-,11+/m1/s1. The molecule has 0 amide bonds. The second kappa shape index (κ2) is 5.28. The van der Waals surface area contributed by atoms with Crippen LogP contribution in [0, 0.1) is 0 Å². The van der Waals surface area contributed by atoms with Gasteiger partial charge in [-0.25, -0.2) is 0 Å². The minimum absolute atomic E-state index is 0.192. The van der Waals surface area contributed by atoms with Gasteiger partial charge in [-0.2, -0.15) is 0 Å². The van der Waals surface area contributed by atoms with E-state index in [2.05, 4.69) is 31.4 Å². The van der Waals surface area contributed by atoms with E-state index in [9.17, 15) is 5.11 Å². The van der Waals surface area contributed by atoms with Gasteiger partial charge in [0.15, 0.2) is 0 Å². The van der Waals surface area contributed by atoms with E-state index in [-0.39, 0.29) is 11.8 Å². The number of rotatable bonds is 3. The van der Waals surface area contributed by atoms with Gasteiger partial charge in [-0.3, -0.25) is 5.32 Å². The summed E-state index contributed by atoms with van der Waals surface area (Å²) in [5.41, 5.74) is 0.192. The van der Waals surface area contributed by atoms with Gasteiger partial charge in [0.1, 0.15) is 6.23 Å². The lowest BCUT2D eigenvalue weighted by atomic mass is 9.89. The Hall–Kier alpha value is -0.120. The van der Waals surface area contributed by atoms with Crippen molar-refractivity contribution < 1.29 is 5.11 Å². The molecular weight excluding hydrogens is 188 g/mol. The molecule has 0 aromatic heterocycles. The lowest BCUT2D eigenvalue weighted by Crippen LogP contribution is -2.50. The highest BCUT2D eigenvalue weighted by Gasteiger charge is 2.25. The normalized spacial score (nSPS) is 30.2. The van der Waals surface area contributed by atoms with Crippen LogP contribution in [0.25, 0.3) is 0 Å². The minimum atomic E-state index is -0.386. The molecule has 0 aliphatic heterocycles. The van der Waals surface area contributed by atoms with Crippen LogP contribution in [0.15, 0.2) is 0 Å². The predicted molar refractivity (Wildman–Crippen MR) is 63.7 cm³/mol. The fourth-order valence-corrected chi connectivity index (χ4v) is 2.43. The molecule has 3 nitrogen and oxygen atoms in total. The fourth-order valence-electron chi connectivity index (χ4n) is 2.43. The summed E-state index contributed by atoms with van der Waals surface area (Å²) in [6, 6.07) is 1.06. The second-order valence-electron chi connectivity index (χ2n) is 5.80. The third-order valence-electron chi connectivity index (χ3n) is 2.79. The Bertz CT molecular complexity index is 187. The van der Waals surface area contributed by atoms with Crippen LogP contribution < -0.4 is 10.6 Å². The summed E-state index contributed by atoms with van der Waals surface area (Å²) >= 11 is 0. The molecule has 0 aromatic rings. The van der Waals surface area contributed by atoms with Crippen LogP contribution in [-0.2, 0) is 0 Å². The van der Waals surface area contributed by atoms with E-state index in [1.54, 1.807) is 6.92 Å². The molecule has 0 bridgehead atoms. The van der Waals surface area contributed by atoms with Crippen molar-refractivity contribution in [3.63, 3.8) is 0 Å². The van der Waals surface area contributed by atoms with Gasteiger partial charge < -0.3 is 10.4 Å². The molecule has 1 unspecified atom stereocenters. The third-order valence-corrected chi connectivity index (χ3v) is 2.79. The lowest BCUT2D eigenvalue weighted by Gasteiger charge is -2.35. The first-order valence-corrected chi connectivity index (χ1v) is 6.08. The summed E-state index contributed by atoms with van der Waals surface area (Å²) in [5.74, 6) is 0. The van der Waals surface area contributed by atoms with Crippen LogP contribution in [0.1, 0.15) is 53.4 Å². The smallest absolute Gasteiger partial charge is 0.102 e. The quantitative estimate of drug-likeness (QED) is 0.625. The van der Waals surface area contributed by atoms with Crippen molar-refractivity contribution in [1.82, 2.24) is 10.6 Å². The highest BCUT2D eigenvalue weighted by molar-refractivity contribution is 4.86. The zero-order valence-corrected chi connectivity index (χ0v) is 10.5. The van der Waals surface area contributed by atoms with Crippen LogP contribution in [0.4, 0.5) is 0 Å². The summed E-state index contributed by atoms with van der Waals surface area (Å²) in [4.78, 5) is 0. The van der Waals surface area contributed by atoms with Crippen molar-refractivity contribution in [3.05, 3.63) is 0 Å². The van der Waals surface area contributed by atoms with Crippen LogP contribution >= 0.6 is 0 Å². The van der Waals surface area contributed by atoms with Gasteiger partial charge in [0.25, 0.3) is 0 Å². The van der Waals surface area contributed by atoms with E-state index in [4.69, 9.17) is 0 Å². The maximum absolute atomic E-state index is 9.29. The largest absolute Gasteiger partial charge is 0.379 e. The van der Waals surface area contributed by atoms with Crippen molar-refractivity contribution in [2.24, 2.45) is 0 Å². The van der Waals surface area contributed by atoms with E-state index in [0.29, 0.717) is 12.1 Å². The molecule has 15 heavy (non-hydrogen) atoms. The maximum atomic E-state index is 9.29. The van der Waals surface area contributed by atoms with Gasteiger partial charge in [-0.1, -0.05) is 6.42 Å². The second-order valence-corrected chi connectivity index (χ2v) is 5.80. The van der Waals surface area contributed by atoms with Gasteiger partial charge >= 0.3 is 0 Å². The van der Waals surface area contributed by atoms with Crippen LogP contribution in [0.5, 0.6) is 0 Å². The average molecular weight is 214 g/mol. The molecular formula is C12H26N2O. The molecule has 3 atom stereocenters. The highest BCUT2D eigenvalue weighted by Crippen LogP contribution is 2.20. The monoisotopic (exact) mass is 214 g/mol. The summed E-state index contributed by atoms with van der Waals surface area (Å²) in [6.07, 6.45) is 4.44. The Morgan fingerprint density at radius 1 is 1.20 bits per heavy atom. The predicted octanol–water partition coefficient (Wildman–Crippen LogP) is 1.61. The van der Waals surface area contributed by atoms with Crippen LogP contribution in [-0.4, -0.2) is 29.0 Å². The fraction of sp³-hybridized carbons (Fsp3) is 1.00. The molecule has 1 aliphatic rings. The number of hydrogen-bond acceptors (Lipinski definition) is 3. The summed E-state index contributed by atoms with van der Waals surface area (Å²) in [5, 5.41) is 16.1. The third kappa shape index (κ3) is 5.50. The molecule has 1 rings (SSSR count). The molecule has 0 aromatic carbocycles. The topological polar surface area (TPSA) is 44.3 Å². The summed E-state index contributed by atoms with van der Waals surface area (Å²) in [7, 11) is 0. The van der Waals surface area contributed by atoms with E-state index in [1.165, 1.54) is 19.3 Å². The molecule has 0 heterocycles. The number of aliphatic hydroxyl groups is 1. The van der Waals surface area contributed by atoms with Crippen molar-refractivity contribution in [1.29, 1.82) is 0 Å². The number of hydrogen-bond donors (Lipinski definition) is 3. The molecule has 1 fully saturated rings. The van der Waals surface area contributed by atoms with Gasteiger partial charge in [0.2, 0.25) is 0 Å². The van der Waals surface area contributed by atoms with Crippen molar-refractivity contribution >= 4 is 0 Å². The van der Waals surface area contributed by atoms with Gasteiger partial charge in [-0.05, 0) is 47.0 Å². The van der Waals surface area contributed by atoms with E-state index in [0.717, 1.165) is 6.42 Å². The Balaban J connectivity index is 2.35. The zero-order valence-electron chi connectivity index (χ0n) is 10.5. The Labute approximate surface area is 93.6 Å². The van der Waals surface area contributed by atoms with Crippen molar-refractivity contribution in [3.8, 4) is 0 Å². The summed E-state index contributed by atoms with van der Waals surface area (Å²) in [6.45, 7) is 8.41. The van der Waals surface area contributed by atoms with E-state index < -0.39 is 0 Å². The first-order chi connectivity index (χ1) is 6.87. The SMILES string of the molecule is CC(O)N[C@@H]1CCC[C@H](NC(C)(C)C)C1. The summed E-state index contributed by atoms with van der Waals surface area (Å²) < 4.78 is 0. The van der Waals surface area contributed by atoms with Gasteiger partial charge in [-0.15, -0.1) is 0 Å². The maximum Gasteiger partial charge on any atom is 0.102 e. The number of nitrogens with one attached hydrogen (secondary N) is 2. The van der Waals surface area contributed by atoms with E-state index >= 15 is 0 Å². The average Bonchev–Trinajstić information content (AvgIpc) is 1.99. The lowest BCUT2D eigenvalue weighted by molar-refractivity contribution is 0.122. The molecule has 0 radical (unpaired) electrons. The molecule has 90 valence electrons. The first kappa shape index (κ1) is 12.9. The molecule has 3 heteroatoms. The number of aliphatic hydroxyl groups excluding tert-OH is 1. The first-order valence-electron chi connectivity index (χ1n) is 6.08. The van der Waals surface area contributed by atoms with E-state index in [1.807, 2.05) is 0 Å². The van der Waals surface area contributed by atoms with Crippen LogP contribution in [0.2, 0.25) is 0 Å². The highest BCUT2D eigenvalue weighted by atomic mass is 16.3. The minimum Gasteiger partial charge on any atom is -0.379 e. The van der Waals surface area contributed by atoms with Crippen LogP contribution in [0.3, 0.4) is 0 Å². The molecule has 0 spiro atoms. The Morgan fingerprint density at radius 2 is 1.80 bits per heavy atom. The van der Waals surface area contributed by atoms with Gasteiger partial charge in [0.05, 0.1) is 0 Å². The Morgan fingerprint density at radius 3 is 2.33 bits per heavy atom. The van der Waals surface area contributed by atoms with Gasteiger partial charge in [0, 0.05) is 17.6 Å². The van der Waals surface area contributed by atoms with Crippen molar-refractivity contribution in [2.45, 2.75) is 77.2 Å². The molecule has 1 saturated carbocycles. The molecule has 3 N–H and O–H groups in total. The molecule has 0 saturated heterocycles. The zero-order chi connectivity index (χ0) is 11.5. The van der Waals surface area contributed by atoms with Crippen molar-refractivity contribution in [2.75, 3.05) is 0 Å².